The maximum absolute atomic E-state index is 12.8. The first kappa shape index (κ1) is 19.6. The number of nitrogens with one attached hydrogen (secondary N) is 3. The van der Waals surface area contributed by atoms with Crippen LogP contribution in [0.1, 0.15) is 24.1 Å². The first-order valence-electron chi connectivity index (χ1n) is 10.5. The maximum Gasteiger partial charge on any atom is 0.324 e. The Morgan fingerprint density at radius 3 is 1.90 bits per heavy atom. The lowest BCUT2D eigenvalue weighted by Gasteiger charge is -2.37. The summed E-state index contributed by atoms with van der Waals surface area (Å²) in [7, 11) is 0. The van der Waals surface area contributed by atoms with E-state index in [1.54, 1.807) is 0 Å². The smallest absolute Gasteiger partial charge is 0.324 e. The van der Waals surface area contributed by atoms with Gasteiger partial charge in [-0.05, 0) is 6.92 Å². The van der Waals surface area contributed by atoms with Gasteiger partial charge in [-0.1, -0.05) is 60.7 Å². The van der Waals surface area contributed by atoms with Crippen LogP contribution in [0.25, 0.3) is 0 Å². The Morgan fingerprint density at radius 1 is 0.897 bits per heavy atom. The van der Waals surface area contributed by atoms with Gasteiger partial charge in [-0.25, -0.2) is 4.79 Å². The van der Waals surface area contributed by atoms with E-state index in [-0.39, 0.29) is 18.0 Å². The number of quaternary nitrogens is 2. The molecule has 0 aromatic heterocycles. The Hall–Kier alpha value is -2.70. The molecule has 2 aromatic rings. The van der Waals surface area contributed by atoms with Crippen LogP contribution >= 0.6 is 0 Å². The molecule has 29 heavy (non-hydrogen) atoms. The molecule has 2 heterocycles. The maximum atomic E-state index is 12.8. The highest BCUT2D eigenvalue weighted by atomic mass is 16.2. The number of rotatable bonds is 5. The van der Waals surface area contributed by atoms with Crippen molar-refractivity contribution in [2.75, 3.05) is 39.3 Å². The lowest BCUT2D eigenvalue weighted by Crippen LogP contribution is -3.30. The summed E-state index contributed by atoms with van der Waals surface area (Å²) in [5.74, 6) is -0.0545. The summed E-state index contributed by atoms with van der Waals surface area (Å²) in [5, 5.41) is 2.72. The number of nitrogens with zero attached hydrogens (tertiary/aromatic N) is 1. The molecule has 152 valence electrons. The molecular formula is C23H30N4O2+2. The minimum atomic E-state index is -0.251. The van der Waals surface area contributed by atoms with Crippen LogP contribution in [0.5, 0.6) is 0 Å². The molecule has 3 N–H and O–H groups in total. The normalized spacial score (nSPS) is 23.1. The van der Waals surface area contributed by atoms with Gasteiger partial charge >= 0.3 is 6.03 Å². The summed E-state index contributed by atoms with van der Waals surface area (Å²) in [4.78, 5) is 28.8. The average molecular weight is 395 g/mol. The van der Waals surface area contributed by atoms with Crippen LogP contribution in [-0.4, -0.2) is 62.1 Å². The summed E-state index contributed by atoms with van der Waals surface area (Å²) in [6.07, 6.45) is 0. The molecular weight excluding hydrogens is 364 g/mol. The van der Waals surface area contributed by atoms with Crippen LogP contribution in [0.4, 0.5) is 4.79 Å². The highest BCUT2D eigenvalue weighted by Gasteiger charge is 2.39. The molecule has 0 aliphatic carbocycles. The number of urea groups is 1. The molecule has 3 amide bonds. The molecule has 4 rings (SSSR count). The molecule has 0 saturated carbocycles. The lowest BCUT2D eigenvalue weighted by molar-refractivity contribution is -1.03. The molecule has 6 nitrogen and oxygen atoms in total. The SMILES string of the molecule is C[C@H](C(=O)N1CCNC1=O)[NH+]1CC[NH+](C(c2ccccc2)c2ccccc2)CC1. The number of amides is 3. The Labute approximate surface area is 172 Å². The lowest BCUT2D eigenvalue weighted by atomic mass is 9.96. The molecule has 2 aromatic carbocycles. The highest BCUT2D eigenvalue weighted by Crippen LogP contribution is 2.18. The number of carbonyl (C=O) groups is 2. The minimum absolute atomic E-state index is 0.0545. The van der Waals surface area contributed by atoms with Crippen molar-refractivity contribution >= 4 is 11.9 Å². The quantitative estimate of drug-likeness (QED) is 0.641. The van der Waals surface area contributed by atoms with Gasteiger partial charge in [0, 0.05) is 24.2 Å². The molecule has 0 spiro atoms. The molecule has 0 bridgehead atoms. The van der Waals surface area contributed by atoms with E-state index in [0.717, 1.165) is 26.2 Å². The molecule has 6 heteroatoms. The Kier molecular flexibility index (Phi) is 5.92. The number of benzene rings is 2. The van der Waals surface area contributed by atoms with Crippen LogP contribution in [0.2, 0.25) is 0 Å². The van der Waals surface area contributed by atoms with Gasteiger partial charge in [0.1, 0.15) is 32.2 Å². The van der Waals surface area contributed by atoms with Crippen molar-refractivity contribution in [1.29, 1.82) is 0 Å². The first-order chi connectivity index (χ1) is 14.1. The van der Waals surface area contributed by atoms with Gasteiger partial charge in [0.15, 0.2) is 6.04 Å². The summed E-state index contributed by atoms with van der Waals surface area (Å²) < 4.78 is 0. The van der Waals surface area contributed by atoms with E-state index in [2.05, 4.69) is 66.0 Å². The van der Waals surface area contributed by atoms with Gasteiger partial charge in [-0.15, -0.1) is 0 Å². The van der Waals surface area contributed by atoms with E-state index in [1.165, 1.54) is 25.8 Å². The average Bonchev–Trinajstić information content (AvgIpc) is 3.21. The molecule has 2 aliphatic rings. The van der Waals surface area contributed by atoms with E-state index in [0.29, 0.717) is 19.1 Å². The van der Waals surface area contributed by atoms with E-state index in [4.69, 9.17) is 0 Å². The van der Waals surface area contributed by atoms with Gasteiger partial charge < -0.3 is 15.1 Å². The van der Waals surface area contributed by atoms with Crippen molar-refractivity contribution in [2.24, 2.45) is 0 Å². The fraction of sp³-hybridized carbons (Fsp3) is 0.391. The third-order valence-electron chi connectivity index (χ3n) is 6.31. The fourth-order valence-corrected chi connectivity index (χ4v) is 4.66. The van der Waals surface area contributed by atoms with Crippen molar-refractivity contribution in [3.8, 4) is 0 Å². The summed E-state index contributed by atoms with van der Waals surface area (Å²) >= 11 is 0. The zero-order valence-corrected chi connectivity index (χ0v) is 16.9. The van der Waals surface area contributed by atoms with Gasteiger partial charge in [-0.3, -0.25) is 9.69 Å². The highest BCUT2D eigenvalue weighted by molar-refractivity contribution is 5.97. The number of imide groups is 1. The first-order valence-corrected chi connectivity index (χ1v) is 10.5. The van der Waals surface area contributed by atoms with Crippen LogP contribution in [-0.2, 0) is 4.79 Å². The topological polar surface area (TPSA) is 58.3 Å². The largest absolute Gasteiger partial charge is 0.336 e. The second-order valence-corrected chi connectivity index (χ2v) is 8.01. The number of hydrogen-bond acceptors (Lipinski definition) is 2. The number of carbonyl (C=O) groups excluding carboxylic acids is 2. The van der Waals surface area contributed by atoms with Gasteiger partial charge in [0.05, 0.1) is 0 Å². The van der Waals surface area contributed by atoms with Crippen LogP contribution in [0.3, 0.4) is 0 Å². The third kappa shape index (κ3) is 4.18. The monoisotopic (exact) mass is 394 g/mol. The predicted octanol–water partition coefficient (Wildman–Crippen LogP) is -0.500. The summed E-state index contributed by atoms with van der Waals surface area (Å²) in [5.41, 5.74) is 2.66. The zero-order chi connectivity index (χ0) is 20.2. The number of hydrogen-bond donors (Lipinski definition) is 3. The van der Waals surface area contributed by atoms with Crippen LogP contribution < -0.4 is 15.1 Å². The van der Waals surface area contributed by atoms with Gasteiger partial charge in [0.2, 0.25) is 0 Å². The standard InChI is InChI=1S/C23H28N4O2/c1-18(22(28)27-13-12-24-23(27)29)25-14-16-26(17-15-25)21(19-8-4-2-5-9-19)20-10-6-3-7-11-20/h2-11,18,21H,12-17H2,1H3,(H,24,29)/p+2/t18-/m1/s1. The zero-order valence-electron chi connectivity index (χ0n) is 16.9. The number of piperazine rings is 1. The van der Waals surface area contributed by atoms with Crippen LogP contribution in [0, 0.1) is 0 Å². The van der Waals surface area contributed by atoms with Crippen LogP contribution in [0.15, 0.2) is 60.7 Å². The molecule has 2 aliphatic heterocycles. The summed E-state index contributed by atoms with van der Waals surface area (Å²) in [6.45, 7) is 6.83. The van der Waals surface area contributed by atoms with Crippen molar-refractivity contribution in [3.63, 3.8) is 0 Å². The van der Waals surface area contributed by atoms with Crippen molar-refractivity contribution in [1.82, 2.24) is 10.2 Å². The summed E-state index contributed by atoms with van der Waals surface area (Å²) in [6, 6.07) is 21.2. The van der Waals surface area contributed by atoms with Gasteiger partial charge in [-0.2, -0.15) is 0 Å². The Morgan fingerprint density at radius 2 is 1.41 bits per heavy atom. The third-order valence-corrected chi connectivity index (χ3v) is 6.31. The molecule has 0 radical (unpaired) electrons. The molecule has 2 saturated heterocycles. The Balaban J connectivity index is 1.45. The van der Waals surface area contributed by atoms with E-state index < -0.39 is 0 Å². The molecule has 2 fully saturated rings. The van der Waals surface area contributed by atoms with Crippen molar-refractivity contribution in [3.05, 3.63) is 71.8 Å². The second kappa shape index (κ2) is 8.76. The second-order valence-electron chi connectivity index (χ2n) is 8.01. The minimum Gasteiger partial charge on any atom is -0.336 e. The van der Waals surface area contributed by atoms with Gasteiger partial charge in [0.25, 0.3) is 5.91 Å². The molecule has 1 atom stereocenters. The van der Waals surface area contributed by atoms with E-state index in [9.17, 15) is 9.59 Å². The predicted molar refractivity (Wildman–Crippen MR) is 111 cm³/mol. The fourth-order valence-electron chi connectivity index (χ4n) is 4.66. The van der Waals surface area contributed by atoms with E-state index >= 15 is 0 Å². The van der Waals surface area contributed by atoms with Crippen molar-refractivity contribution in [2.45, 2.75) is 19.0 Å². The van der Waals surface area contributed by atoms with E-state index in [1.807, 2.05) is 6.92 Å². The van der Waals surface area contributed by atoms with Crippen molar-refractivity contribution < 1.29 is 19.4 Å². The molecule has 0 unspecified atom stereocenters. The Bertz CT molecular complexity index is 795.